The predicted octanol–water partition coefficient (Wildman–Crippen LogP) is -0.573. The SMILES string of the molecule is CCC(C#N)NCCNS(C)(=O)=O. The van der Waals surface area contributed by atoms with E-state index in [2.05, 4.69) is 16.1 Å². The van der Waals surface area contributed by atoms with Crippen LogP contribution >= 0.6 is 0 Å². The fourth-order valence-electron chi connectivity index (χ4n) is 0.764. The Balaban J connectivity index is 3.53. The normalized spacial score (nSPS) is 13.6. The third-order valence-electron chi connectivity index (χ3n) is 1.44. The maximum Gasteiger partial charge on any atom is 0.208 e. The second kappa shape index (κ2) is 5.91. The zero-order chi connectivity index (χ0) is 10.3. The van der Waals surface area contributed by atoms with Crippen LogP contribution in [0.15, 0.2) is 0 Å². The molecule has 0 saturated heterocycles. The van der Waals surface area contributed by atoms with Gasteiger partial charge in [-0.3, -0.25) is 0 Å². The molecule has 0 amide bonds. The number of hydrogen-bond donors (Lipinski definition) is 2. The van der Waals surface area contributed by atoms with Crippen LogP contribution in [0.4, 0.5) is 0 Å². The first-order valence-electron chi connectivity index (χ1n) is 4.07. The van der Waals surface area contributed by atoms with Gasteiger partial charge in [-0.05, 0) is 6.42 Å². The van der Waals surface area contributed by atoms with Crippen LogP contribution < -0.4 is 10.0 Å². The van der Waals surface area contributed by atoms with E-state index in [0.717, 1.165) is 12.7 Å². The average molecular weight is 205 g/mol. The van der Waals surface area contributed by atoms with Crippen molar-refractivity contribution >= 4 is 10.0 Å². The van der Waals surface area contributed by atoms with E-state index in [9.17, 15) is 8.42 Å². The van der Waals surface area contributed by atoms with Crippen LogP contribution in [0.1, 0.15) is 13.3 Å². The molecule has 0 radical (unpaired) electrons. The predicted molar refractivity (Wildman–Crippen MR) is 50.5 cm³/mol. The van der Waals surface area contributed by atoms with E-state index in [0.29, 0.717) is 13.1 Å². The van der Waals surface area contributed by atoms with Crippen molar-refractivity contribution in [1.82, 2.24) is 10.0 Å². The molecular formula is C7H15N3O2S. The first kappa shape index (κ1) is 12.4. The zero-order valence-corrected chi connectivity index (χ0v) is 8.69. The number of sulfonamides is 1. The van der Waals surface area contributed by atoms with E-state index in [4.69, 9.17) is 5.26 Å². The highest BCUT2D eigenvalue weighted by Crippen LogP contribution is 1.85. The van der Waals surface area contributed by atoms with Gasteiger partial charge in [0.2, 0.25) is 10.0 Å². The smallest absolute Gasteiger partial charge is 0.208 e. The van der Waals surface area contributed by atoms with Crippen molar-refractivity contribution in [3.05, 3.63) is 0 Å². The zero-order valence-electron chi connectivity index (χ0n) is 7.87. The summed E-state index contributed by atoms with van der Waals surface area (Å²) in [7, 11) is -3.11. The van der Waals surface area contributed by atoms with Gasteiger partial charge in [0.25, 0.3) is 0 Å². The Morgan fingerprint density at radius 2 is 2.08 bits per heavy atom. The molecule has 0 saturated carbocycles. The molecule has 0 aliphatic rings. The van der Waals surface area contributed by atoms with Crippen LogP contribution in [0.3, 0.4) is 0 Å². The van der Waals surface area contributed by atoms with Crippen molar-refractivity contribution in [3.8, 4) is 6.07 Å². The molecule has 0 aromatic heterocycles. The summed E-state index contributed by atoms with van der Waals surface area (Å²) in [6, 6.07) is 1.87. The summed E-state index contributed by atoms with van der Waals surface area (Å²) in [5.41, 5.74) is 0. The molecule has 5 nitrogen and oxygen atoms in total. The molecule has 0 rings (SSSR count). The Labute approximate surface area is 79.2 Å². The van der Waals surface area contributed by atoms with Gasteiger partial charge < -0.3 is 5.32 Å². The quantitative estimate of drug-likeness (QED) is 0.569. The maximum atomic E-state index is 10.6. The van der Waals surface area contributed by atoms with Crippen molar-refractivity contribution in [3.63, 3.8) is 0 Å². The lowest BCUT2D eigenvalue weighted by Crippen LogP contribution is -2.35. The number of rotatable bonds is 6. The highest BCUT2D eigenvalue weighted by molar-refractivity contribution is 7.88. The van der Waals surface area contributed by atoms with Crippen molar-refractivity contribution < 1.29 is 8.42 Å². The first-order chi connectivity index (χ1) is 5.99. The molecule has 0 bridgehead atoms. The van der Waals surface area contributed by atoms with Crippen molar-refractivity contribution in [2.24, 2.45) is 0 Å². The van der Waals surface area contributed by atoms with E-state index in [1.165, 1.54) is 0 Å². The van der Waals surface area contributed by atoms with Gasteiger partial charge in [-0.1, -0.05) is 6.92 Å². The molecule has 0 aromatic carbocycles. The van der Waals surface area contributed by atoms with Crippen LogP contribution in [0.2, 0.25) is 0 Å². The molecule has 0 spiro atoms. The minimum absolute atomic E-state index is 0.193. The average Bonchev–Trinajstić information content (AvgIpc) is 2.03. The lowest BCUT2D eigenvalue weighted by atomic mass is 10.2. The Morgan fingerprint density at radius 1 is 1.46 bits per heavy atom. The first-order valence-corrected chi connectivity index (χ1v) is 5.96. The molecule has 0 aromatic rings. The number of nitrogens with one attached hydrogen (secondary N) is 2. The molecule has 0 aliphatic heterocycles. The Morgan fingerprint density at radius 3 is 2.46 bits per heavy atom. The summed E-state index contributed by atoms with van der Waals surface area (Å²) in [6.07, 6.45) is 1.82. The van der Waals surface area contributed by atoms with E-state index in [-0.39, 0.29) is 6.04 Å². The molecule has 2 N–H and O–H groups in total. The van der Waals surface area contributed by atoms with Crippen molar-refractivity contribution in [2.45, 2.75) is 19.4 Å². The minimum atomic E-state index is -3.11. The lowest BCUT2D eigenvalue weighted by Gasteiger charge is -2.08. The highest BCUT2D eigenvalue weighted by Gasteiger charge is 2.03. The molecule has 1 unspecified atom stereocenters. The van der Waals surface area contributed by atoms with Gasteiger partial charge >= 0.3 is 0 Å². The van der Waals surface area contributed by atoms with E-state index in [1.807, 2.05) is 6.92 Å². The topological polar surface area (TPSA) is 82.0 Å². The summed E-state index contributed by atoms with van der Waals surface area (Å²) in [5, 5.41) is 11.4. The van der Waals surface area contributed by atoms with Crippen LogP contribution in [-0.4, -0.2) is 33.8 Å². The highest BCUT2D eigenvalue weighted by atomic mass is 32.2. The van der Waals surface area contributed by atoms with E-state index >= 15 is 0 Å². The number of nitriles is 1. The molecule has 0 aliphatic carbocycles. The van der Waals surface area contributed by atoms with Crippen molar-refractivity contribution in [1.29, 1.82) is 5.26 Å². The fraction of sp³-hybridized carbons (Fsp3) is 0.857. The number of hydrogen-bond acceptors (Lipinski definition) is 4. The van der Waals surface area contributed by atoms with Gasteiger partial charge in [-0.15, -0.1) is 0 Å². The van der Waals surface area contributed by atoms with E-state index < -0.39 is 10.0 Å². The maximum absolute atomic E-state index is 10.6. The van der Waals surface area contributed by atoms with E-state index in [1.54, 1.807) is 0 Å². The molecule has 0 heterocycles. The lowest BCUT2D eigenvalue weighted by molar-refractivity contribution is 0.563. The molecule has 13 heavy (non-hydrogen) atoms. The van der Waals surface area contributed by atoms with Gasteiger partial charge in [0.05, 0.1) is 18.4 Å². The Kier molecular flexibility index (Phi) is 5.62. The summed E-state index contributed by atoms with van der Waals surface area (Å²) in [4.78, 5) is 0. The van der Waals surface area contributed by atoms with Crippen LogP contribution in [0, 0.1) is 11.3 Å². The summed E-state index contributed by atoms with van der Waals surface area (Å²) in [6.45, 7) is 2.68. The molecule has 0 fully saturated rings. The Hall–Kier alpha value is -0.640. The second-order valence-corrected chi connectivity index (χ2v) is 4.54. The van der Waals surface area contributed by atoms with Gasteiger partial charge in [0, 0.05) is 13.1 Å². The standard InChI is InChI=1S/C7H15N3O2S/c1-3-7(6-8)9-4-5-10-13(2,11)12/h7,9-10H,3-5H2,1-2H3. The molecule has 6 heteroatoms. The van der Waals surface area contributed by atoms with Gasteiger partial charge in [-0.2, -0.15) is 5.26 Å². The van der Waals surface area contributed by atoms with Crippen molar-refractivity contribution in [2.75, 3.05) is 19.3 Å². The second-order valence-electron chi connectivity index (χ2n) is 2.71. The third-order valence-corrected chi connectivity index (χ3v) is 2.17. The minimum Gasteiger partial charge on any atom is -0.301 e. The van der Waals surface area contributed by atoms with Crippen LogP contribution in [-0.2, 0) is 10.0 Å². The Bertz CT molecular complexity index is 268. The third kappa shape index (κ3) is 7.71. The number of nitrogens with zero attached hydrogens (tertiary/aromatic N) is 1. The molecule has 1 atom stereocenters. The van der Waals surface area contributed by atoms with Gasteiger partial charge in [-0.25, -0.2) is 13.1 Å². The largest absolute Gasteiger partial charge is 0.301 e. The molecule has 76 valence electrons. The van der Waals surface area contributed by atoms with Crippen LogP contribution in [0.25, 0.3) is 0 Å². The summed E-state index contributed by atoms with van der Waals surface area (Å²) >= 11 is 0. The fourth-order valence-corrected chi connectivity index (χ4v) is 1.24. The van der Waals surface area contributed by atoms with Crippen LogP contribution in [0.5, 0.6) is 0 Å². The summed E-state index contributed by atoms with van der Waals surface area (Å²) < 4.78 is 23.5. The van der Waals surface area contributed by atoms with Gasteiger partial charge in [0.1, 0.15) is 0 Å². The molecular weight excluding hydrogens is 190 g/mol. The van der Waals surface area contributed by atoms with Gasteiger partial charge in [0.15, 0.2) is 0 Å². The monoisotopic (exact) mass is 205 g/mol. The summed E-state index contributed by atoms with van der Waals surface area (Å²) in [5.74, 6) is 0.